The topological polar surface area (TPSA) is 72.3 Å². The lowest BCUT2D eigenvalue weighted by atomic mass is 10.1. The first kappa shape index (κ1) is 12.6. The Balaban J connectivity index is 2.02. The molecule has 1 aromatic carbocycles. The molecule has 0 radical (unpaired) electrons. The van der Waals surface area contributed by atoms with Crippen LogP contribution in [0.5, 0.6) is 5.75 Å². The minimum absolute atomic E-state index is 0.176. The van der Waals surface area contributed by atoms with Crippen molar-refractivity contribution >= 4 is 16.6 Å². The quantitative estimate of drug-likeness (QED) is 0.615. The van der Waals surface area contributed by atoms with Gasteiger partial charge in [0, 0.05) is 18.0 Å². The molecule has 4 aromatic rings. The molecule has 6 heteroatoms. The highest BCUT2D eigenvalue weighted by Crippen LogP contribution is 2.27. The number of aromatic amines is 1. The summed E-state index contributed by atoms with van der Waals surface area (Å²) >= 11 is 0. The Bertz CT molecular complexity index is 1050. The van der Waals surface area contributed by atoms with Crippen LogP contribution >= 0.6 is 0 Å². The van der Waals surface area contributed by atoms with Gasteiger partial charge in [-0.25, -0.2) is 9.50 Å². The van der Waals surface area contributed by atoms with Crippen molar-refractivity contribution in [3.05, 3.63) is 59.3 Å². The maximum Gasteiger partial charge on any atom is 0.258 e. The number of hydrogen-bond donors (Lipinski definition) is 1. The molecular formula is C16H12N4O2. The van der Waals surface area contributed by atoms with E-state index in [0.29, 0.717) is 11.0 Å². The van der Waals surface area contributed by atoms with Crippen molar-refractivity contribution in [3.8, 4) is 16.9 Å². The smallest absolute Gasteiger partial charge is 0.258 e. The van der Waals surface area contributed by atoms with E-state index >= 15 is 0 Å². The molecule has 22 heavy (non-hydrogen) atoms. The minimum atomic E-state index is -0.176. The van der Waals surface area contributed by atoms with E-state index in [9.17, 15) is 4.79 Å². The number of rotatable bonds is 2. The maximum atomic E-state index is 11.8. The summed E-state index contributed by atoms with van der Waals surface area (Å²) in [6.45, 7) is 0. The Morgan fingerprint density at radius 1 is 1.23 bits per heavy atom. The van der Waals surface area contributed by atoms with Crippen LogP contribution in [0.3, 0.4) is 0 Å². The molecule has 0 spiro atoms. The van der Waals surface area contributed by atoms with Gasteiger partial charge in [0.2, 0.25) is 0 Å². The summed E-state index contributed by atoms with van der Waals surface area (Å²) < 4.78 is 6.94. The SMILES string of the molecule is COc1cccc(-c2cnn3c2ncc2c(=O)[nH]ccc23)c1. The molecule has 0 bridgehead atoms. The average molecular weight is 292 g/mol. The fourth-order valence-electron chi connectivity index (χ4n) is 2.55. The predicted octanol–water partition coefficient (Wildman–Crippen LogP) is 2.25. The third kappa shape index (κ3) is 1.77. The van der Waals surface area contributed by atoms with Gasteiger partial charge in [-0.05, 0) is 23.8 Å². The second-order valence-corrected chi connectivity index (χ2v) is 4.89. The molecule has 0 aliphatic rings. The Morgan fingerprint density at radius 2 is 2.14 bits per heavy atom. The summed E-state index contributed by atoms with van der Waals surface area (Å²) in [6, 6.07) is 9.53. The van der Waals surface area contributed by atoms with Crippen LogP contribution in [0.4, 0.5) is 0 Å². The third-order valence-corrected chi connectivity index (χ3v) is 3.64. The van der Waals surface area contributed by atoms with Gasteiger partial charge in [-0.1, -0.05) is 12.1 Å². The molecule has 0 saturated heterocycles. The molecule has 0 fully saturated rings. The van der Waals surface area contributed by atoms with Gasteiger partial charge in [0.1, 0.15) is 5.75 Å². The van der Waals surface area contributed by atoms with Crippen LogP contribution in [0.25, 0.3) is 27.7 Å². The standard InChI is InChI=1S/C16H12N4O2/c1-22-11-4-2-3-10(7-11)12-9-19-20-14-5-6-17-16(21)13(14)8-18-15(12)20/h2-9H,1H3,(H,17,21). The lowest BCUT2D eigenvalue weighted by Gasteiger charge is -2.04. The van der Waals surface area contributed by atoms with Gasteiger partial charge in [0.15, 0.2) is 5.65 Å². The molecular weight excluding hydrogens is 280 g/mol. The molecule has 3 heterocycles. The first-order valence-corrected chi connectivity index (χ1v) is 6.76. The zero-order valence-electron chi connectivity index (χ0n) is 11.8. The number of aromatic nitrogens is 4. The number of methoxy groups -OCH3 is 1. The van der Waals surface area contributed by atoms with Crippen LogP contribution in [-0.4, -0.2) is 26.7 Å². The van der Waals surface area contributed by atoms with Crippen LogP contribution in [0, 0.1) is 0 Å². The van der Waals surface area contributed by atoms with Crippen LogP contribution in [-0.2, 0) is 0 Å². The highest BCUT2D eigenvalue weighted by Gasteiger charge is 2.12. The maximum absolute atomic E-state index is 11.8. The second kappa shape index (κ2) is 4.70. The normalized spacial score (nSPS) is 11.1. The summed E-state index contributed by atoms with van der Waals surface area (Å²) in [7, 11) is 1.63. The monoisotopic (exact) mass is 292 g/mol. The van der Waals surface area contributed by atoms with Crippen molar-refractivity contribution in [2.45, 2.75) is 0 Å². The number of nitrogens with one attached hydrogen (secondary N) is 1. The summed E-state index contributed by atoms with van der Waals surface area (Å²) in [5.74, 6) is 0.772. The third-order valence-electron chi connectivity index (χ3n) is 3.64. The number of hydrogen-bond acceptors (Lipinski definition) is 4. The van der Waals surface area contributed by atoms with E-state index in [4.69, 9.17) is 4.74 Å². The zero-order valence-corrected chi connectivity index (χ0v) is 11.8. The van der Waals surface area contributed by atoms with Crippen molar-refractivity contribution in [2.75, 3.05) is 7.11 Å². The molecule has 3 aromatic heterocycles. The number of H-pyrrole nitrogens is 1. The Labute approximate surface area is 125 Å². The van der Waals surface area contributed by atoms with Crippen LogP contribution in [0.1, 0.15) is 0 Å². The molecule has 0 unspecified atom stereocenters. The first-order valence-electron chi connectivity index (χ1n) is 6.76. The largest absolute Gasteiger partial charge is 0.497 e. The van der Waals surface area contributed by atoms with Gasteiger partial charge >= 0.3 is 0 Å². The van der Waals surface area contributed by atoms with Crippen molar-refractivity contribution in [1.82, 2.24) is 19.6 Å². The van der Waals surface area contributed by atoms with Crippen molar-refractivity contribution < 1.29 is 4.74 Å². The van der Waals surface area contributed by atoms with E-state index < -0.39 is 0 Å². The number of ether oxygens (including phenoxy) is 1. The Hall–Kier alpha value is -3.15. The highest BCUT2D eigenvalue weighted by molar-refractivity contribution is 5.85. The molecule has 0 saturated carbocycles. The van der Waals surface area contributed by atoms with Crippen molar-refractivity contribution in [2.24, 2.45) is 0 Å². The molecule has 6 nitrogen and oxygen atoms in total. The van der Waals surface area contributed by atoms with Gasteiger partial charge in [0.05, 0.1) is 24.2 Å². The fraction of sp³-hybridized carbons (Fsp3) is 0.0625. The summed E-state index contributed by atoms with van der Waals surface area (Å²) in [5.41, 5.74) is 3.10. The van der Waals surface area contributed by atoms with Crippen molar-refractivity contribution in [1.29, 1.82) is 0 Å². The molecule has 108 valence electrons. The van der Waals surface area contributed by atoms with Crippen LogP contribution in [0.2, 0.25) is 0 Å². The number of pyridine rings is 1. The molecule has 0 aliphatic carbocycles. The molecule has 4 rings (SSSR count). The average Bonchev–Trinajstić information content (AvgIpc) is 3.00. The summed E-state index contributed by atoms with van der Waals surface area (Å²) in [6.07, 6.45) is 4.93. The van der Waals surface area contributed by atoms with Gasteiger partial charge in [-0.3, -0.25) is 4.79 Å². The van der Waals surface area contributed by atoms with E-state index in [0.717, 1.165) is 22.4 Å². The van der Waals surface area contributed by atoms with Crippen LogP contribution in [0.15, 0.2) is 53.7 Å². The Kier molecular flexibility index (Phi) is 2.69. The van der Waals surface area contributed by atoms with Gasteiger partial charge in [-0.15, -0.1) is 0 Å². The first-order chi connectivity index (χ1) is 10.8. The summed E-state index contributed by atoms with van der Waals surface area (Å²) in [4.78, 5) is 18.9. The lowest BCUT2D eigenvalue weighted by Crippen LogP contribution is -2.07. The van der Waals surface area contributed by atoms with E-state index in [1.807, 2.05) is 30.3 Å². The van der Waals surface area contributed by atoms with Crippen molar-refractivity contribution in [3.63, 3.8) is 0 Å². The summed E-state index contributed by atoms with van der Waals surface area (Å²) in [5, 5.41) is 4.89. The van der Waals surface area contributed by atoms with E-state index in [2.05, 4.69) is 15.1 Å². The number of fused-ring (bicyclic) bond motifs is 3. The van der Waals surface area contributed by atoms with Gasteiger partial charge in [-0.2, -0.15) is 5.10 Å². The zero-order chi connectivity index (χ0) is 15.1. The van der Waals surface area contributed by atoms with Crippen LogP contribution < -0.4 is 10.3 Å². The molecule has 1 N–H and O–H groups in total. The second-order valence-electron chi connectivity index (χ2n) is 4.89. The van der Waals surface area contributed by atoms with Gasteiger partial charge in [0.25, 0.3) is 5.56 Å². The fourth-order valence-corrected chi connectivity index (χ4v) is 2.55. The lowest BCUT2D eigenvalue weighted by molar-refractivity contribution is 0.415. The molecule has 0 amide bonds. The van der Waals surface area contributed by atoms with E-state index in [1.54, 1.807) is 30.2 Å². The number of benzene rings is 1. The van der Waals surface area contributed by atoms with E-state index in [-0.39, 0.29) is 5.56 Å². The molecule has 0 atom stereocenters. The molecule has 0 aliphatic heterocycles. The predicted molar refractivity (Wildman–Crippen MR) is 83.1 cm³/mol. The number of nitrogens with zero attached hydrogens (tertiary/aromatic N) is 3. The Morgan fingerprint density at radius 3 is 3.00 bits per heavy atom. The minimum Gasteiger partial charge on any atom is -0.497 e. The highest BCUT2D eigenvalue weighted by atomic mass is 16.5. The van der Waals surface area contributed by atoms with Gasteiger partial charge < -0.3 is 9.72 Å². The van der Waals surface area contributed by atoms with E-state index in [1.165, 1.54) is 0 Å².